The summed E-state index contributed by atoms with van der Waals surface area (Å²) < 4.78 is 34.2. The maximum atomic E-state index is 13.3. The Morgan fingerprint density at radius 2 is 1.83 bits per heavy atom. The minimum atomic E-state index is -3.44. The first kappa shape index (κ1) is 21.8. The molecule has 4 rings (SSSR count). The molecule has 0 radical (unpaired) electrons. The summed E-state index contributed by atoms with van der Waals surface area (Å²) in [5.74, 6) is 0.151. The van der Waals surface area contributed by atoms with E-state index in [1.807, 2.05) is 44.2 Å². The standard InChI is InChI=1S/C23H34N2O4S/c1-5-25(6-2)30(27,28)16-22-13-12-18(21(22,3)4)14-19(22)29-20(26)23(15-24-23)17-10-8-7-9-11-17/h7-11,18-19,24H,5-6,12-16H2,1-4H3/t18-,19-,22-,23-/m1/s1. The van der Waals surface area contributed by atoms with Crippen molar-refractivity contribution in [2.45, 2.75) is 58.6 Å². The zero-order chi connectivity index (χ0) is 21.8. The highest BCUT2D eigenvalue weighted by Crippen LogP contribution is 2.67. The van der Waals surface area contributed by atoms with Gasteiger partial charge < -0.3 is 4.74 Å². The van der Waals surface area contributed by atoms with Crippen LogP contribution in [0.5, 0.6) is 0 Å². The number of fused-ring (bicyclic) bond motifs is 2. The van der Waals surface area contributed by atoms with Gasteiger partial charge in [-0.15, -0.1) is 0 Å². The number of nitrogens with one attached hydrogen (secondary N) is 1. The Morgan fingerprint density at radius 3 is 2.37 bits per heavy atom. The third-order valence-electron chi connectivity index (χ3n) is 8.29. The Labute approximate surface area is 180 Å². The third kappa shape index (κ3) is 3.12. The van der Waals surface area contributed by atoms with Crippen molar-refractivity contribution in [1.29, 1.82) is 0 Å². The molecule has 1 aromatic carbocycles. The summed E-state index contributed by atoms with van der Waals surface area (Å²) in [5.41, 5.74) is -0.606. The van der Waals surface area contributed by atoms with Crippen LogP contribution in [0.3, 0.4) is 0 Å². The Morgan fingerprint density at radius 1 is 1.20 bits per heavy atom. The van der Waals surface area contributed by atoms with E-state index < -0.39 is 21.0 Å². The fraction of sp³-hybridized carbons (Fsp3) is 0.696. The second-order valence-corrected chi connectivity index (χ2v) is 11.7. The fourth-order valence-electron chi connectivity index (χ4n) is 6.05. The summed E-state index contributed by atoms with van der Waals surface area (Å²) in [6, 6.07) is 9.64. The molecule has 30 heavy (non-hydrogen) atoms. The van der Waals surface area contributed by atoms with E-state index in [0.29, 0.717) is 25.6 Å². The number of carbonyl (C=O) groups excluding carboxylic acids is 1. The highest BCUT2D eigenvalue weighted by Gasteiger charge is 2.68. The van der Waals surface area contributed by atoms with Crippen LogP contribution in [0.15, 0.2) is 30.3 Å². The van der Waals surface area contributed by atoms with E-state index in [-0.39, 0.29) is 23.2 Å². The topological polar surface area (TPSA) is 85.6 Å². The van der Waals surface area contributed by atoms with Crippen LogP contribution in [0, 0.1) is 16.7 Å². The number of nitrogens with zero attached hydrogens (tertiary/aromatic N) is 1. The largest absolute Gasteiger partial charge is 0.460 e. The van der Waals surface area contributed by atoms with Crippen molar-refractivity contribution in [3.8, 4) is 0 Å². The molecule has 1 N–H and O–H groups in total. The normalized spacial score (nSPS) is 34.3. The monoisotopic (exact) mass is 434 g/mol. The Hall–Kier alpha value is -1.44. The van der Waals surface area contributed by atoms with E-state index in [4.69, 9.17) is 4.74 Å². The SMILES string of the molecule is CCN(CC)S(=O)(=O)C[C@]12CC[C@H](C[C@H]1OC(=O)[C@]1(c3ccccc3)CN1)C2(C)C. The summed E-state index contributed by atoms with van der Waals surface area (Å²) in [4.78, 5) is 13.3. The molecule has 6 nitrogen and oxygen atoms in total. The quantitative estimate of drug-likeness (QED) is 0.502. The number of hydrogen-bond donors (Lipinski definition) is 1. The lowest BCUT2D eigenvalue weighted by Crippen LogP contribution is -2.50. The molecule has 1 saturated heterocycles. The zero-order valence-corrected chi connectivity index (χ0v) is 19.3. The number of benzene rings is 1. The van der Waals surface area contributed by atoms with Crippen molar-refractivity contribution in [2.24, 2.45) is 16.7 Å². The highest BCUT2D eigenvalue weighted by atomic mass is 32.2. The number of esters is 1. The van der Waals surface area contributed by atoms with Gasteiger partial charge in [0.15, 0.2) is 5.54 Å². The first-order valence-corrected chi connectivity index (χ1v) is 12.7. The average Bonchev–Trinajstić information content (AvgIpc) is 3.45. The van der Waals surface area contributed by atoms with Crippen molar-refractivity contribution >= 4 is 16.0 Å². The van der Waals surface area contributed by atoms with Crippen LogP contribution in [-0.2, 0) is 25.1 Å². The first-order valence-electron chi connectivity index (χ1n) is 11.1. The van der Waals surface area contributed by atoms with Gasteiger partial charge in [0.1, 0.15) is 6.10 Å². The van der Waals surface area contributed by atoms with Gasteiger partial charge in [0, 0.05) is 25.0 Å². The van der Waals surface area contributed by atoms with E-state index in [2.05, 4.69) is 19.2 Å². The molecule has 3 fully saturated rings. The van der Waals surface area contributed by atoms with Gasteiger partial charge >= 0.3 is 5.97 Å². The van der Waals surface area contributed by atoms with Gasteiger partial charge in [0.2, 0.25) is 10.0 Å². The van der Waals surface area contributed by atoms with E-state index in [0.717, 1.165) is 24.8 Å². The molecule has 1 heterocycles. The Balaban J connectivity index is 1.61. The molecule has 0 aromatic heterocycles. The van der Waals surface area contributed by atoms with Crippen LogP contribution in [0.2, 0.25) is 0 Å². The van der Waals surface area contributed by atoms with Gasteiger partial charge in [-0.1, -0.05) is 58.0 Å². The summed E-state index contributed by atoms with van der Waals surface area (Å²) in [7, 11) is -3.44. The van der Waals surface area contributed by atoms with E-state index >= 15 is 0 Å². The number of ether oxygens (including phenoxy) is 1. The minimum Gasteiger partial charge on any atom is -0.460 e. The van der Waals surface area contributed by atoms with Crippen LogP contribution < -0.4 is 5.32 Å². The van der Waals surface area contributed by atoms with Crippen molar-refractivity contribution in [3.05, 3.63) is 35.9 Å². The van der Waals surface area contributed by atoms with Crippen LogP contribution in [0.1, 0.15) is 52.5 Å². The lowest BCUT2D eigenvalue weighted by molar-refractivity contribution is -0.160. The average molecular weight is 435 g/mol. The van der Waals surface area contributed by atoms with Gasteiger partial charge in [-0.2, -0.15) is 0 Å². The maximum Gasteiger partial charge on any atom is 0.332 e. The summed E-state index contributed by atoms with van der Waals surface area (Å²) >= 11 is 0. The van der Waals surface area contributed by atoms with E-state index in [9.17, 15) is 13.2 Å². The fourth-order valence-corrected chi connectivity index (χ4v) is 8.37. The van der Waals surface area contributed by atoms with Gasteiger partial charge in [0.25, 0.3) is 0 Å². The highest BCUT2D eigenvalue weighted by molar-refractivity contribution is 7.89. The predicted molar refractivity (Wildman–Crippen MR) is 116 cm³/mol. The van der Waals surface area contributed by atoms with Gasteiger partial charge in [-0.3, -0.25) is 5.32 Å². The summed E-state index contributed by atoms with van der Waals surface area (Å²) in [6.07, 6.45) is 2.16. The van der Waals surface area contributed by atoms with Gasteiger partial charge in [-0.25, -0.2) is 17.5 Å². The minimum absolute atomic E-state index is 0.0505. The molecular weight excluding hydrogens is 400 g/mol. The van der Waals surface area contributed by atoms with Crippen LogP contribution in [0.25, 0.3) is 0 Å². The van der Waals surface area contributed by atoms with E-state index in [1.165, 1.54) is 4.31 Å². The molecule has 2 aliphatic carbocycles. The number of rotatable bonds is 8. The zero-order valence-electron chi connectivity index (χ0n) is 18.5. The second-order valence-electron chi connectivity index (χ2n) is 9.71. The van der Waals surface area contributed by atoms with E-state index in [1.54, 1.807) is 0 Å². The van der Waals surface area contributed by atoms with Crippen LogP contribution >= 0.6 is 0 Å². The lowest BCUT2D eigenvalue weighted by atomic mass is 9.69. The van der Waals surface area contributed by atoms with Gasteiger partial charge in [-0.05, 0) is 36.2 Å². The number of hydrogen-bond acceptors (Lipinski definition) is 5. The predicted octanol–water partition coefficient (Wildman–Crippen LogP) is 2.89. The van der Waals surface area contributed by atoms with Crippen LogP contribution in [0.4, 0.5) is 0 Å². The molecule has 0 unspecified atom stereocenters. The first-order chi connectivity index (χ1) is 14.1. The third-order valence-corrected chi connectivity index (χ3v) is 10.5. The van der Waals surface area contributed by atoms with Crippen molar-refractivity contribution < 1.29 is 17.9 Å². The maximum absolute atomic E-state index is 13.3. The lowest BCUT2D eigenvalue weighted by Gasteiger charge is -2.42. The van der Waals surface area contributed by atoms with Crippen molar-refractivity contribution in [1.82, 2.24) is 9.62 Å². The number of sulfonamides is 1. The molecule has 2 bridgehead atoms. The van der Waals surface area contributed by atoms with Gasteiger partial charge in [0.05, 0.1) is 5.75 Å². The van der Waals surface area contributed by atoms with Crippen molar-refractivity contribution in [2.75, 3.05) is 25.4 Å². The second kappa shape index (κ2) is 7.31. The Kier molecular flexibility index (Phi) is 5.31. The Bertz CT molecular complexity index is 906. The molecule has 0 spiro atoms. The molecule has 0 amide bonds. The summed E-state index contributed by atoms with van der Waals surface area (Å²) in [5, 5.41) is 3.20. The summed E-state index contributed by atoms with van der Waals surface area (Å²) in [6.45, 7) is 9.55. The molecule has 1 aromatic rings. The van der Waals surface area contributed by atoms with Crippen LogP contribution in [-0.4, -0.2) is 50.2 Å². The molecular formula is C23H34N2O4S. The molecule has 1 aliphatic heterocycles. The molecule has 7 heteroatoms. The smallest absolute Gasteiger partial charge is 0.332 e. The number of carbonyl (C=O) groups is 1. The molecule has 166 valence electrons. The van der Waals surface area contributed by atoms with Crippen molar-refractivity contribution in [3.63, 3.8) is 0 Å². The molecule has 3 aliphatic rings. The molecule has 2 saturated carbocycles. The molecule has 4 atom stereocenters.